The molecule has 0 radical (unpaired) electrons. The molecule has 17 heavy (non-hydrogen) atoms. The fraction of sp³-hybridized carbons (Fsp3) is 0.357. The second kappa shape index (κ2) is 5.25. The van der Waals surface area contributed by atoms with Crippen molar-refractivity contribution in [3.05, 3.63) is 42.2 Å². The van der Waals surface area contributed by atoms with Gasteiger partial charge in [0.2, 0.25) is 0 Å². The van der Waals surface area contributed by atoms with Gasteiger partial charge in [0.25, 0.3) is 0 Å². The molecule has 0 bridgehead atoms. The van der Waals surface area contributed by atoms with E-state index in [-0.39, 0.29) is 12.7 Å². The maximum absolute atomic E-state index is 10.1. The van der Waals surface area contributed by atoms with Gasteiger partial charge in [-0.1, -0.05) is 24.3 Å². The molecule has 1 aromatic carbocycles. The lowest BCUT2D eigenvalue weighted by Gasteiger charge is -2.14. The molecule has 0 fully saturated rings. The van der Waals surface area contributed by atoms with E-state index in [9.17, 15) is 5.11 Å². The van der Waals surface area contributed by atoms with E-state index in [0.717, 1.165) is 10.8 Å². The molecule has 0 aliphatic rings. The molecular formula is C14H17NO2. The Balaban J connectivity index is 2.28. The number of aliphatic hydroxyl groups is 1. The minimum Gasteiger partial charge on any atom is -0.384 e. The summed E-state index contributed by atoms with van der Waals surface area (Å²) in [6, 6.07) is 9.84. The fourth-order valence-electron chi connectivity index (χ4n) is 1.77. The number of aliphatic hydroxyl groups excluding tert-OH is 1. The van der Waals surface area contributed by atoms with E-state index in [1.165, 1.54) is 0 Å². The first-order valence-corrected chi connectivity index (χ1v) is 5.82. The van der Waals surface area contributed by atoms with Crippen LogP contribution in [0.3, 0.4) is 0 Å². The highest BCUT2D eigenvalue weighted by atomic mass is 16.5. The van der Waals surface area contributed by atoms with Crippen molar-refractivity contribution in [3.8, 4) is 0 Å². The number of hydrogen-bond donors (Lipinski definition) is 1. The highest BCUT2D eigenvalue weighted by Crippen LogP contribution is 2.22. The third-order valence-electron chi connectivity index (χ3n) is 2.61. The van der Waals surface area contributed by atoms with Crippen LogP contribution in [0.5, 0.6) is 0 Å². The van der Waals surface area contributed by atoms with Gasteiger partial charge in [-0.05, 0) is 25.3 Å². The molecule has 0 aliphatic carbocycles. The standard InChI is InChI=1S/C14H17NO2/c1-10(2)17-9-13(16)14-12-6-4-3-5-11(12)7-8-15-14/h3-8,10,13,16H,9H2,1-2H3. The zero-order chi connectivity index (χ0) is 12.3. The first-order chi connectivity index (χ1) is 8.18. The van der Waals surface area contributed by atoms with E-state index in [2.05, 4.69) is 4.98 Å². The van der Waals surface area contributed by atoms with Gasteiger partial charge in [0, 0.05) is 11.6 Å². The van der Waals surface area contributed by atoms with Gasteiger partial charge in [-0.3, -0.25) is 4.98 Å². The summed E-state index contributed by atoms with van der Waals surface area (Å²) in [4.78, 5) is 4.25. The molecule has 0 spiro atoms. The largest absolute Gasteiger partial charge is 0.384 e. The van der Waals surface area contributed by atoms with Gasteiger partial charge in [-0.15, -0.1) is 0 Å². The highest BCUT2D eigenvalue weighted by Gasteiger charge is 2.13. The molecule has 0 aliphatic heterocycles. The lowest BCUT2D eigenvalue weighted by molar-refractivity contribution is 0.00390. The minimum atomic E-state index is -0.677. The average Bonchev–Trinajstić information content (AvgIpc) is 2.35. The lowest BCUT2D eigenvalue weighted by atomic mass is 10.1. The van der Waals surface area contributed by atoms with E-state index >= 15 is 0 Å². The van der Waals surface area contributed by atoms with Crippen LogP contribution in [0.4, 0.5) is 0 Å². The zero-order valence-electron chi connectivity index (χ0n) is 10.1. The molecule has 3 nitrogen and oxygen atoms in total. The van der Waals surface area contributed by atoms with Gasteiger partial charge < -0.3 is 9.84 Å². The van der Waals surface area contributed by atoms with Crippen molar-refractivity contribution in [2.45, 2.75) is 26.1 Å². The smallest absolute Gasteiger partial charge is 0.120 e. The molecule has 3 heteroatoms. The first-order valence-electron chi connectivity index (χ1n) is 5.82. The SMILES string of the molecule is CC(C)OCC(O)c1nccc2ccccc12. The Morgan fingerprint density at radius 2 is 2.00 bits per heavy atom. The Bertz CT molecular complexity index is 491. The van der Waals surface area contributed by atoms with Crippen molar-refractivity contribution in [2.75, 3.05) is 6.61 Å². The molecule has 1 atom stereocenters. The number of benzene rings is 1. The zero-order valence-corrected chi connectivity index (χ0v) is 10.1. The fourth-order valence-corrected chi connectivity index (χ4v) is 1.77. The molecule has 90 valence electrons. The van der Waals surface area contributed by atoms with Crippen molar-refractivity contribution < 1.29 is 9.84 Å². The minimum absolute atomic E-state index is 0.111. The Labute approximate surface area is 101 Å². The second-order valence-corrected chi connectivity index (χ2v) is 4.32. The van der Waals surface area contributed by atoms with Crippen molar-refractivity contribution in [1.29, 1.82) is 0 Å². The molecule has 1 unspecified atom stereocenters. The predicted octanol–water partition coefficient (Wildman–Crippen LogP) is 2.69. The molecule has 0 saturated heterocycles. The number of hydrogen-bond acceptors (Lipinski definition) is 3. The number of rotatable bonds is 4. The number of fused-ring (bicyclic) bond motifs is 1. The van der Waals surface area contributed by atoms with Gasteiger partial charge in [0.05, 0.1) is 18.4 Å². The van der Waals surface area contributed by atoms with E-state index in [4.69, 9.17) is 4.74 Å². The van der Waals surface area contributed by atoms with Crippen molar-refractivity contribution in [2.24, 2.45) is 0 Å². The summed E-state index contributed by atoms with van der Waals surface area (Å²) in [6.07, 6.45) is 1.15. The summed E-state index contributed by atoms with van der Waals surface area (Å²) in [5, 5.41) is 12.1. The van der Waals surface area contributed by atoms with E-state index in [0.29, 0.717) is 5.69 Å². The van der Waals surface area contributed by atoms with Crippen LogP contribution < -0.4 is 0 Å². The van der Waals surface area contributed by atoms with Crippen LogP contribution in [0.25, 0.3) is 10.8 Å². The van der Waals surface area contributed by atoms with Gasteiger partial charge in [0.15, 0.2) is 0 Å². The first kappa shape index (κ1) is 12.0. The molecule has 1 aromatic heterocycles. The summed E-state index contributed by atoms with van der Waals surface area (Å²) < 4.78 is 5.42. The number of ether oxygens (including phenoxy) is 1. The summed E-state index contributed by atoms with van der Waals surface area (Å²) in [5.74, 6) is 0. The maximum Gasteiger partial charge on any atom is 0.120 e. The van der Waals surface area contributed by atoms with Crippen molar-refractivity contribution in [3.63, 3.8) is 0 Å². The molecule has 1 heterocycles. The highest BCUT2D eigenvalue weighted by molar-refractivity contribution is 5.84. The van der Waals surface area contributed by atoms with Crippen molar-refractivity contribution >= 4 is 10.8 Å². The second-order valence-electron chi connectivity index (χ2n) is 4.32. The molecule has 2 aromatic rings. The molecular weight excluding hydrogens is 214 g/mol. The van der Waals surface area contributed by atoms with Crippen molar-refractivity contribution in [1.82, 2.24) is 4.98 Å². The average molecular weight is 231 g/mol. The molecule has 0 amide bonds. The topological polar surface area (TPSA) is 42.4 Å². The number of nitrogens with zero attached hydrogens (tertiary/aromatic N) is 1. The van der Waals surface area contributed by atoms with Gasteiger partial charge in [-0.25, -0.2) is 0 Å². The third kappa shape index (κ3) is 2.81. The van der Waals surface area contributed by atoms with E-state index < -0.39 is 6.10 Å². The third-order valence-corrected chi connectivity index (χ3v) is 2.61. The Morgan fingerprint density at radius 3 is 2.76 bits per heavy atom. The Kier molecular flexibility index (Phi) is 3.71. The van der Waals surface area contributed by atoms with Crippen LogP contribution >= 0.6 is 0 Å². The normalized spacial score (nSPS) is 13.2. The van der Waals surface area contributed by atoms with E-state index in [1.54, 1.807) is 6.20 Å². The Morgan fingerprint density at radius 1 is 1.24 bits per heavy atom. The quantitative estimate of drug-likeness (QED) is 0.879. The monoisotopic (exact) mass is 231 g/mol. The van der Waals surface area contributed by atoms with Gasteiger partial charge >= 0.3 is 0 Å². The molecule has 0 saturated carbocycles. The molecule has 2 rings (SSSR count). The summed E-state index contributed by atoms with van der Waals surface area (Å²) in [5.41, 5.74) is 0.684. The van der Waals surface area contributed by atoms with Gasteiger partial charge in [0.1, 0.15) is 6.10 Å². The summed E-state index contributed by atoms with van der Waals surface area (Å²) in [7, 11) is 0. The van der Waals surface area contributed by atoms with Crippen LogP contribution in [-0.4, -0.2) is 22.8 Å². The molecule has 1 N–H and O–H groups in total. The van der Waals surface area contributed by atoms with Crippen LogP contribution in [0.1, 0.15) is 25.6 Å². The van der Waals surface area contributed by atoms with Crippen LogP contribution in [-0.2, 0) is 4.74 Å². The van der Waals surface area contributed by atoms with Crippen LogP contribution in [0, 0.1) is 0 Å². The van der Waals surface area contributed by atoms with Crippen LogP contribution in [0.2, 0.25) is 0 Å². The Hall–Kier alpha value is -1.45. The lowest BCUT2D eigenvalue weighted by Crippen LogP contribution is -2.13. The number of pyridine rings is 1. The summed E-state index contributed by atoms with van der Waals surface area (Å²) in [6.45, 7) is 4.17. The maximum atomic E-state index is 10.1. The predicted molar refractivity (Wildman–Crippen MR) is 67.8 cm³/mol. The summed E-state index contributed by atoms with van der Waals surface area (Å²) >= 11 is 0. The number of aromatic nitrogens is 1. The van der Waals surface area contributed by atoms with Gasteiger partial charge in [-0.2, -0.15) is 0 Å². The van der Waals surface area contributed by atoms with Crippen LogP contribution in [0.15, 0.2) is 36.5 Å². The van der Waals surface area contributed by atoms with E-state index in [1.807, 2.05) is 44.2 Å².